The van der Waals surface area contributed by atoms with Gasteiger partial charge < -0.3 is 10.1 Å². The number of Topliss-reactive ketones (excluding diaryl/α,β-unsaturated/α-hetero) is 1. The smallest absolute Gasteiger partial charge is 0.149 e. The summed E-state index contributed by atoms with van der Waals surface area (Å²) in [5.41, 5.74) is 0. The van der Waals surface area contributed by atoms with Crippen LogP contribution < -0.4 is 5.32 Å². The summed E-state index contributed by atoms with van der Waals surface area (Å²) in [7, 11) is 0. The summed E-state index contributed by atoms with van der Waals surface area (Å²) < 4.78 is 5.28. The molecule has 92 valence electrons. The molecule has 16 heavy (non-hydrogen) atoms. The number of morpholine rings is 1. The fraction of sp³-hybridized carbons (Fsp3) is 0.917. The van der Waals surface area contributed by atoms with Crippen molar-refractivity contribution < 1.29 is 9.53 Å². The maximum Gasteiger partial charge on any atom is 0.149 e. The first-order valence-electron chi connectivity index (χ1n) is 6.40. The molecule has 0 aromatic carbocycles. The van der Waals surface area contributed by atoms with Crippen molar-refractivity contribution in [3.63, 3.8) is 0 Å². The van der Waals surface area contributed by atoms with Crippen LogP contribution in [-0.4, -0.2) is 56.6 Å². The van der Waals surface area contributed by atoms with Gasteiger partial charge in [0.15, 0.2) is 0 Å². The van der Waals surface area contributed by atoms with Crippen LogP contribution in [-0.2, 0) is 9.53 Å². The number of nitrogens with zero attached hydrogens (tertiary/aromatic N) is 1. The van der Waals surface area contributed by atoms with Crippen molar-refractivity contribution in [1.82, 2.24) is 10.2 Å². The van der Waals surface area contributed by atoms with Gasteiger partial charge in [0.25, 0.3) is 0 Å². The van der Waals surface area contributed by atoms with E-state index in [1.807, 2.05) is 0 Å². The second-order valence-corrected chi connectivity index (χ2v) is 4.73. The van der Waals surface area contributed by atoms with Gasteiger partial charge in [0, 0.05) is 19.0 Å². The van der Waals surface area contributed by atoms with Gasteiger partial charge in [-0.05, 0) is 32.4 Å². The molecule has 0 aromatic rings. The molecule has 1 N–H and O–H groups in total. The number of ether oxygens (including phenoxy) is 1. The van der Waals surface area contributed by atoms with Crippen LogP contribution in [0.2, 0.25) is 0 Å². The minimum Gasteiger partial charge on any atom is -0.379 e. The van der Waals surface area contributed by atoms with Crippen LogP contribution in [0.5, 0.6) is 0 Å². The molecule has 2 aliphatic rings. The summed E-state index contributed by atoms with van der Waals surface area (Å²) >= 11 is 0. The van der Waals surface area contributed by atoms with Crippen molar-refractivity contribution in [1.29, 1.82) is 0 Å². The molecule has 2 saturated heterocycles. The summed E-state index contributed by atoms with van der Waals surface area (Å²) in [6.07, 6.45) is 3.22. The molecule has 1 atom stereocenters. The lowest BCUT2D eigenvalue weighted by atomic mass is 9.95. The van der Waals surface area contributed by atoms with Crippen LogP contribution in [0.15, 0.2) is 0 Å². The predicted octanol–water partition coefficient (Wildman–Crippen LogP) is 0.277. The second kappa shape index (κ2) is 6.33. The monoisotopic (exact) mass is 226 g/mol. The van der Waals surface area contributed by atoms with E-state index in [1.54, 1.807) is 0 Å². The van der Waals surface area contributed by atoms with Crippen molar-refractivity contribution in [3.8, 4) is 0 Å². The Labute approximate surface area is 97.3 Å². The molecule has 2 heterocycles. The van der Waals surface area contributed by atoms with Crippen LogP contribution in [0.1, 0.15) is 19.3 Å². The molecule has 4 nitrogen and oxygen atoms in total. The fourth-order valence-corrected chi connectivity index (χ4v) is 2.45. The molecule has 1 unspecified atom stereocenters. The standard InChI is InChI=1S/C12H22N2O2/c15-12(10-14-6-8-16-9-7-14)11-2-1-4-13-5-3-11/h11,13H,1-10H2. The summed E-state index contributed by atoms with van der Waals surface area (Å²) in [5.74, 6) is 0.725. The SMILES string of the molecule is O=C(CN1CCOCC1)C1CCCNCC1. The zero-order valence-electron chi connectivity index (χ0n) is 9.91. The molecule has 0 spiro atoms. The molecule has 2 aliphatic heterocycles. The third-order valence-corrected chi connectivity index (χ3v) is 3.51. The summed E-state index contributed by atoms with van der Waals surface area (Å²) in [5, 5.41) is 3.35. The molecule has 0 aliphatic carbocycles. The van der Waals surface area contributed by atoms with Gasteiger partial charge >= 0.3 is 0 Å². The van der Waals surface area contributed by atoms with Crippen LogP contribution in [0.3, 0.4) is 0 Å². The summed E-state index contributed by atoms with van der Waals surface area (Å²) in [4.78, 5) is 14.3. The average Bonchev–Trinajstić information content (AvgIpc) is 2.59. The Kier molecular flexibility index (Phi) is 4.75. The third-order valence-electron chi connectivity index (χ3n) is 3.51. The van der Waals surface area contributed by atoms with Gasteiger partial charge in [-0.2, -0.15) is 0 Å². The molecule has 0 bridgehead atoms. The zero-order chi connectivity index (χ0) is 11.2. The number of rotatable bonds is 3. The first kappa shape index (κ1) is 12.0. The average molecular weight is 226 g/mol. The number of hydrogen-bond acceptors (Lipinski definition) is 4. The zero-order valence-corrected chi connectivity index (χ0v) is 9.91. The topological polar surface area (TPSA) is 41.6 Å². The second-order valence-electron chi connectivity index (χ2n) is 4.73. The molecular formula is C12H22N2O2. The van der Waals surface area contributed by atoms with E-state index in [2.05, 4.69) is 10.2 Å². The summed E-state index contributed by atoms with van der Waals surface area (Å²) in [6.45, 7) is 6.08. The van der Waals surface area contributed by atoms with Gasteiger partial charge in [-0.15, -0.1) is 0 Å². The fourth-order valence-electron chi connectivity index (χ4n) is 2.45. The van der Waals surface area contributed by atoms with Crippen LogP contribution in [0.4, 0.5) is 0 Å². The van der Waals surface area contributed by atoms with Gasteiger partial charge in [-0.25, -0.2) is 0 Å². The maximum absolute atomic E-state index is 12.1. The highest BCUT2D eigenvalue weighted by Crippen LogP contribution is 2.15. The van der Waals surface area contributed by atoms with Gasteiger partial charge in [0.1, 0.15) is 5.78 Å². The third kappa shape index (κ3) is 3.54. The van der Waals surface area contributed by atoms with Crippen molar-refractivity contribution in [2.75, 3.05) is 45.9 Å². The van der Waals surface area contributed by atoms with Gasteiger partial charge in [0.2, 0.25) is 0 Å². The lowest BCUT2D eigenvalue weighted by Gasteiger charge is -2.27. The van der Waals surface area contributed by atoms with E-state index in [4.69, 9.17) is 4.74 Å². The molecule has 2 fully saturated rings. The Balaban J connectivity index is 1.76. The molecule has 4 heteroatoms. The van der Waals surface area contributed by atoms with Gasteiger partial charge in [0.05, 0.1) is 19.8 Å². The summed E-state index contributed by atoms with van der Waals surface area (Å²) in [6, 6.07) is 0. The molecule has 0 radical (unpaired) electrons. The first-order chi connectivity index (χ1) is 7.86. The van der Waals surface area contributed by atoms with E-state index in [1.165, 1.54) is 0 Å². The van der Waals surface area contributed by atoms with Crippen molar-refractivity contribution in [2.45, 2.75) is 19.3 Å². The number of carbonyl (C=O) groups excluding carboxylic acids is 1. The Morgan fingerprint density at radius 3 is 2.88 bits per heavy atom. The lowest BCUT2D eigenvalue weighted by Crippen LogP contribution is -2.41. The quantitative estimate of drug-likeness (QED) is 0.750. The normalized spacial score (nSPS) is 28.6. The van der Waals surface area contributed by atoms with E-state index in [-0.39, 0.29) is 5.92 Å². The molecule has 2 rings (SSSR count). The minimum absolute atomic E-state index is 0.290. The highest BCUT2D eigenvalue weighted by molar-refractivity contribution is 5.83. The first-order valence-corrected chi connectivity index (χ1v) is 6.40. The van der Waals surface area contributed by atoms with E-state index >= 15 is 0 Å². The Hall–Kier alpha value is -0.450. The Morgan fingerprint density at radius 2 is 2.06 bits per heavy atom. The van der Waals surface area contributed by atoms with Gasteiger partial charge in [-0.3, -0.25) is 9.69 Å². The number of carbonyl (C=O) groups is 1. The molecule has 0 aromatic heterocycles. The maximum atomic E-state index is 12.1. The molecule has 0 saturated carbocycles. The van der Waals surface area contributed by atoms with Crippen LogP contribution in [0.25, 0.3) is 0 Å². The molecule has 0 amide bonds. The van der Waals surface area contributed by atoms with E-state index in [9.17, 15) is 4.79 Å². The van der Waals surface area contributed by atoms with Crippen LogP contribution >= 0.6 is 0 Å². The van der Waals surface area contributed by atoms with Crippen molar-refractivity contribution >= 4 is 5.78 Å². The number of nitrogens with one attached hydrogen (secondary N) is 1. The Bertz CT molecular complexity index is 219. The van der Waals surface area contributed by atoms with Gasteiger partial charge in [-0.1, -0.05) is 0 Å². The van der Waals surface area contributed by atoms with Crippen molar-refractivity contribution in [2.24, 2.45) is 5.92 Å². The lowest BCUT2D eigenvalue weighted by molar-refractivity contribution is -0.125. The highest BCUT2D eigenvalue weighted by atomic mass is 16.5. The van der Waals surface area contributed by atoms with E-state index in [0.717, 1.165) is 58.7 Å². The van der Waals surface area contributed by atoms with Crippen molar-refractivity contribution in [3.05, 3.63) is 0 Å². The van der Waals surface area contributed by atoms with E-state index < -0.39 is 0 Å². The minimum atomic E-state index is 0.290. The Morgan fingerprint density at radius 1 is 1.25 bits per heavy atom. The van der Waals surface area contributed by atoms with E-state index in [0.29, 0.717) is 12.3 Å². The predicted molar refractivity (Wildman–Crippen MR) is 62.5 cm³/mol. The number of ketones is 1. The largest absolute Gasteiger partial charge is 0.379 e. The van der Waals surface area contributed by atoms with Crippen LogP contribution in [0, 0.1) is 5.92 Å². The highest BCUT2D eigenvalue weighted by Gasteiger charge is 2.22. The molecular weight excluding hydrogens is 204 g/mol. The number of hydrogen-bond donors (Lipinski definition) is 1.